The Bertz CT molecular complexity index is 147. The van der Waals surface area contributed by atoms with E-state index in [1.165, 1.54) is 7.11 Å². The van der Waals surface area contributed by atoms with Gasteiger partial charge in [-0.3, -0.25) is 0 Å². The molecule has 0 atom stereocenters. The number of carbonyl (C=O) groups is 1. The van der Waals surface area contributed by atoms with E-state index in [0.717, 1.165) is 0 Å². The van der Waals surface area contributed by atoms with Gasteiger partial charge in [0, 0.05) is 6.54 Å². The Hall–Kier alpha value is -1.53. The fourth-order valence-electron chi connectivity index (χ4n) is 0.345. The van der Waals surface area contributed by atoms with Crippen LogP contribution in [-0.2, 0) is 9.57 Å². The van der Waals surface area contributed by atoms with Crippen molar-refractivity contribution in [1.82, 2.24) is 5.32 Å². The lowest BCUT2D eigenvalue weighted by Crippen LogP contribution is -2.27. The van der Waals surface area contributed by atoms with Crippen molar-refractivity contribution < 1.29 is 19.5 Å². The molecule has 0 radical (unpaired) electrons. The molecule has 0 aliphatic rings. The lowest BCUT2D eigenvalue weighted by atomic mass is 10.7. The molecule has 0 heterocycles. The minimum Gasteiger partial charge on any atom is -0.453 e. The maximum atomic E-state index is 10.3. The highest BCUT2D eigenvalue weighted by atomic mass is 16.9. The third kappa shape index (κ3) is 6.35. The molecular weight excluding hydrogens is 156 g/mol. The molecule has 0 spiro atoms. The number of ether oxygens (including phenoxy) is 1. The number of methoxy groups -OCH3 is 1. The number of nitrogens with zero attached hydrogens (tertiary/aromatic N) is 1. The van der Waals surface area contributed by atoms with Gasteiger partial charge in [-0.15, -0.1) is 10.1 Å². The van der Waals surface area contributed by atoms with Crippen molar-refractivity contribution in [2.24, 2.45) is 0 Å². The summed E-state index contributed by atoms with van der Waals surface area (Å²) in [6, 6.07) is 0. The minimum absolute atomic E-state index is 0.0493. The van der Waals surface area contributed by atoms with Gasteiger partial charge in [-0.1, -0.05) is 0 Å². The van der Waals surface area contributed by atoms with Gasteiger partial charge in [0.1, 0.15) is 6.61 Å². The highest BCUT2D eigenvalue weighted by Crippen LogP contribution is 1.74. The number of rotatable bonds is 4. The lowest BCUT2D eigenvalue weighted by molar-refractivity contribution is -0.757. The molecule has 11 heavy (non-hydrogen) atoms. The second-order valence-corrected chi connectivity index (χ2v) is 1.48. The Morgan fingerprint density at radius 3 is 2.82 bits per heavy atom. The van der Waals surface area contributed by atoms with Gasteiger partial charge < -0.3 is 14.9 Å². The predicted molar refractivity (Wildman–Crippen MR) is 33.4 cm³/mol. The number of amides is 1. The van der Waals surface area contributed by atoms with Crippen LogP contribution >= 0.6 is 0 Å². The van der Waals surface area contributed by atoms with E-state index in [1.807, 2.05) is 0 Å². The number of hydrogen-bond donors (Lipinski definition) is 1. The van der Waals surface area contributed by atoms with Crippen LogP contribution in [0, 0.1) is 10.1 Å². The molecule has 0 saturated carbocycles. The van der Waals surface area contributed by atoms with Crippen molar-refractivity contribution >= 4 is 6.09 Å². The van der Waals surface area contributed by atoms with Crippen LogP contribution in [0.25, 0.3) is 0 Å². The lowest BCUT2D eigenvalue weighted by Gasteiger charge is -2.00. The van der Waals surface area contributed by atoms with Gasteiger partial charge in [-0.05, 0) is 0 Å². The first kappa shape index (κ1) is 9.47. The van der Waals surface area contributed by atoms with Gasteiger partial charge in [0.15, 0.2) is 0 Å². The van der Waals surface area contributed by atoms with E-state index < -0.39 is 11.2 Å². The summed E-state index contributed by atoms with van der Waals surface area (Å²) in [4.78, 5) is 23.7. The molecule has 0 unspecified atom stereocenters. The van der Waals surface area contributed by atoms with E-state index in [0.29, 0.717) is 0 Å². The Morgan fingerprint density at radius 2 is 2.36 bits per heavy atom. The molecule has 7 heteroatoms. The minimum atomic E-state index is -0.932. The average molecular weight is 164 g/mol. The second-order valence-electron chi connectivity index (χ2n) is 1.48. The second kappa shape index (κ2) is 5.27. The summed E-state index contributed by atoms with van der Waals surface area (Å²) in [6.45, 7) is -0.129. The van der Waals surface area contributed by atoms with Crippen LogP contribution < -0.4 is 5.32 Å². The van der Waals surface area contributed by atoms with Gasteiger partial charge in [-0.2, -0.15) is 0 Å². The normalized spacial score (nSPS) is 8.45. The topological polar surface area (TPSA) is 90.7 Å². The highest BCUT2D eigenvalue weighted by Gasteiger charge is 1.97. The number of hydrogen-bond acceptors (Lipinski definition) is 5. The summed E-state index contributed by atoms with van der Waals surface area (Å²) in [6.07, 6.45) is -0.642. The molecule has 1 amide bonds. The Balaban J connectivity index is 3.14. The first-order valence-electron chi connectivity index (χ1n) is 2.76. The molecule has 0 saturated heterocycles. The van der Waals surface area contributed by atoms with Gasteiger partial charge in [0.2, 0.25) is 0 Å². The molecule has 0 aromatic heterocycles. The maximum Gasteiger partial charge on any atom is 0.406 e. The van der Waals surface area contributed by atoms with Crippen molar-refractivity contribution in [2.75, 3.05) is 20.3 Å². The summed E-state index contributed by atoms with van der Waals surface area (Å²) in [5.41, 5.74) is 0. The maximum absolute atomic E-state index is 10.3. The van der Waals surface area contributed by atoms with Crippen LogP contribution in [-0.4, -0.2) is 31.4 Å². The summed E-state index contributed by atoms with van der Waals surface area (Å²) in [7, 11) is 1.20. The zero-order valence-corrected chi connectivity index (χ0v) is 5.90. The smallest absolute Gasteiger partial charge is 0.406 e. The van der Waals surface area contributed by atoms with E-state index in [4.69, 9.17) is 0 Å². The van der Waals surface area contributed by atoms with Crippen LogP contribution in [0.2, 0.25) is 0 Å². The third-order valence-electron chi connectivity index (χ3n) is 0.753. The molecule has 0 fully saturated rings. The predicted octanol–water partition coefficient (Wildman–Crippen LogP) is -0.449. The first-order chi connectivity index (χ1) is 5.16. The van der Waals surface area contributed by atoms with Crippen LogP contribution in [0.3, 0.4) is 0 Å². The average Bonchev–Trinajstić information content (AvgIpc) is 1.97. The van der Waals surface area contributed by atoms with Crippen LogP contribution in [0.4, 0.5) is 4.79 Å². The SMILES string of the molecule is COC(=O)NCCO[N+](=O)[O-]. The molecule has 1 N–H and O–H groups in total. The number of carbonyl (C=O) groups excluding carboxylic acids is 1. The van der Waals surface area contributed by atoms with E-state index in [1.54, 1.807) is 0 Å². The molecule has 0 aromatic carbocycles. The summed E-state index contributed by atoms with van der Waals surface area (Å²) < 4.78 is 4.18. The molecule has 0 aromatic rings. The molecule has 0 bridgehead atoms. The van der Waals surface area contributed by atoms with Crippen LogP contribution in [0.5, 0.6) is 0 Å². The van der Waals surface area contributed by atoms with Crippen molar-refractivity contribution in [1.29, 1.82) is 0 Å². The molecular formula is C4H8N2O5. The number of nitrogens with one attached hydrogen (secondary N) is 1. The molecule has 0 aliphatic heterocycles. The van der Waals surface area contributed by atoms with Crippen LogP contribution in [0.15, 0.2) is 0 Å². The largest absolute Gasteiger partial charge is 0.453 e. The quantitative estimate of drug-likeness (QED) is 0.345. The Kier molecular flexibility index (Phi) is 4.54. The van der Waals surface area contributed by atoms with Gasteiger partial charge >= 0.3 is 6.09 Å². The van der Waals surface area contributed by atoms with Gasteiger partial charge in [-0.25, -0.2) is 4.79 Å². The van der Waals surface area contributed by atoms with E-state index >= 15 is 0 Å². The summed E-state index contributed by atoms with van der Waals surface area (Å²) in [5.74, 6) is 0. The molecule has 7 nitrogen and oxygen atoms in total. The van der Waals surface area contributed by atoms with E-state index in [2.05, 4.69) is 14.9 Å². The standard InChI is InChI=1S/C4H8N2O5/c1-10-4(7)5-2-3-11-6(8)9/h2-3H2,1H3,(H,5,7). The fourth-order valence-corrected chi connectivity index (χ4v) is 0.345. The fraction of sp³-hybridized carbons (Fsp3) is 0.750. The zero-order chi connectivity index (χ0) is 8.69. The Morgan fingerprint density at radius 1 is 1.73 bits per heavy atom. The van der Waals surface area contributed by atoms with Crippen molar-refractivity contribution in [2.45, 2.75) is 0 Å². The highest BCUT2D eigenvalue weighted by molar-refractivity contribution is 5.66. The van der Waals surface area contributed by atoms with E-state index in [9.17, 15) is 14.9 Å². The van der Waals surface area contributed by atoms with Gasteiger partial charge in [0.25, 0.3) is 5.09 Å². The first-order valence-corrected chi connectivity index (χ1v) is 2.76. The van der Waals surface area contributed by atoms with E-state index in [-0.39, 0.29) is 13.2 Å². The van der Waals surface area contributed by atoms with Crippen molar-refractivity contribution in [3.8, 4) is 0 Å². The molecule has 0 aliphatic carbocycles. The van der Waals surface area contributed by atoms with Gasteiger partial charge in [0.05, 0.1) is 7.11 Å². The summed E-state index contributed by atoms with van der Waals surface area (Å²) in [5, 5.41) is 10.8. The van der Waals surface area contributed by atoms with Crippen LogP contribution in [0.1, 0.15) is 0 Å². The van der Waals surface area contributed by atoms with Crippen molar-refractivity contribution in [3.63, 3.8) is 0 Å². The van der Waals surface area contributed by atoms with Crippen molar-refractivity contribution in [3.05, 3.63) is 10.1 Å². The zero-order valence-electron chi connectivity index (χ0n) is 5.90. The number of alkyl carbamates (subject to hydrolysis) is 1. The molecule has 64 valence electrons. The third-order valence-corrected chi connectivity index (χ3v) is 0.753. The molecule has 0 rings (SSSR count). The Labute approximate surface area is 62.4 Å². The summed E-state index contributed by atoms with van der Waals surface area (Å²) >= 11 is 0. The monoisotopic (exact) mass is 164 g/mol.